The van der Waals surface area contributed by atoms with Crippen LogP contribution in [-0.2, 0) is 4.79 Å². The van der Waals surface area contributed by atoms with Crippen LogP contribution in [0.5, 0.6) is 0 Å². The summed E-state index contributed by atoms with van der Waals surface area (Å²) in [5.41, 5.74) is 2.55. The highest BCUT2D eigenvalue weighted by Crippen LogP contribution is 2.54. The molecule has 3 aromatic carbocycles. The normalized spacial score (nSPS) is 22.8. The van der Waals surface area contributed by atoms with Gasteiger partial charge in [-0.3, -0.25) is 4.79 Å². The minimum atomic E-state index is -0.595. The highest BCUT2D eigenvalue weighted by molar-refractivity contribution is 7.18. The van der Waals surface area contributed by atoms with E-state index in [9.17, 15) is 4.79 Å². The van der Waals surface area contributed by atoms with Gasteiger partial charge in [-0.2, -0.15) is 0 Å². The third-order valence-electron chi connectivity index (χ3n) is 7.50. The third-order valence-corrected chi connectivity index (χ3v) is 9.13. The van der Waals surface area contributed by atoms with Gasteiger partial charge in [0.25, 0.3) is 0 Å². The van der Waals surface area contributed by atoms with Crippen LogP contribution in [0.4, 0.5) is 0 Å². The van der Waals surface area contributed by atoms with E-state index < -0.39 is 5.41 Å². The standard InChI is InChI=1S/C31H30Cl2N2OS/c1-4-17-31(3)19-24(21-9-8-10-23(33)18-21)28(20-13-15-22(32)16-14-20)35(30(31)36)26(5-2)29-34-25-11-6-7-12-27(25)37-29/h4,6-16,18,24,26,28H,1,5,17,19H2,2-3H3/t24-,26?,28-,31+/m1/s1. The Morgan fingerprint density at radius 3 is 2.51 bits per heavy atom. The van der Waals surface area contributed by atoms with Crippen molar-refractivity contribution in [2.75, 3.05) is 0 Å². The molecule has 1 aliphatic heterocycles. The molecule has 0 N–H and O–H groups in total. The molecule has 5 rings (SSSR count). The zero-order valence-corrected chi connectivity index (χ0v) is 23.4. The largest absolute Gasteiger partial charge is 0.325 e. The summed E-state index contributed by atoms with van der Waals surface area (Å²) < 4.78 is 1.13. The number of fused-ring (bicyclic) bond motifs is 1. The fourth-order valence-electron chi connectivity index (χ4n) is 5.75. The first-order valence-corrected chi connectivity index (χ1v) is 14.2. The van der Waals surface area contributed by atoms with E-state index in [1.54, 1.807) is 11.3 Å². The lowest BCUT2D eigenvalue weighted by molar-refractivity contribution is -0.155. The molecule has 37 heavy (non-hydrogen) atoms. The van der Waals surface area contributed by atoms with E-state index in [0.717, 1.165) is 32.8 Å². The molecule has 4 aromatic rings. The topological polar surface area (TPSA) is 33.2 Å². The molecular weight excluding hydrogens is 519 g/mol. The summed E-state index contributed by atoms with van der Waals surface area (Å²) >= 11 is 14.4. The van der Waals surface area contributed by atoms with Crippen molar-refractivity contribution in [3.8, 4) is 0 Å². The molecule has 0 spiro atoms. The van der Waals surface area contributed by atoms with Gasteiger partial charge in [-0.25, -0.2) is 4.98 Å². The number of hydrogen-bond acceptors (Lipinski definition) is 3. The van der Waals surface area contributed by atoms with Gasteiger partial charge in [0.2, 0.25) is 5.91 Å². The maximum atomic E-state index is 14.5. The highest BCUT2D eigenvalue weighted by atomic mass is 35.5. The molecule has 190 valence electrons. The molecule has 0 bridgehead atoms. The van der Waals surface area contributed by atoms with E-state index in [4.69, 9.17) is 28.2 Å². The molecule has 0 saturated carbocycles. The minimum Gasteiger partial charge on any atom is -0.325 e. The zero-order chi connectivity index (χ0) is 26.2. The number of halogens is 2. The maximum Gasteiger partial charge on any atom is 0.229 e. The summed E-state index contributed by atoms with van der Waals surface area (Å²) in [6.07, 6.45) is 3.91. The third kappa shape index (κ3) is 4.95. The number of rotatable bonds is 7. The molecular formula is C31H30Cl2N2OS. The summed E-state index contributed by atoms with van der Waals surface area (Å²) in [6, 6.07) is 23.8. The van der Waals surface area contributed by atoms with Gasteiger partial charge in [0.05, 0.1) is 27.7 Å². The number of likely N-dealkylation sites (tertiary alicyclic amines) is 1. The van der Waals surface area contributed by atoms with E-state index in [1.165, 1.54) is 0 Å². The molecule has 1 amide bonds. The van der Waals surface area contributed by atoms with Gasteiger partial charge >= 0.3 is 0 Å². The van der Waals surface area contributed by atoms with Crippen molar-refractivity contribution in [1.29, 1.82) is 0 Å². The molecule has 1 fully saturated rings. The van der Waals surface area contributed by atoms with Gasteiger partial charge in [0.15, 0.2) is 0 Å². The van der Waals surface area contributed by atoms with Gasteiger partial charge in [0, 0.05) is 16.0 Å². The molecule has 0 radical (unpaired) electrons. The zero-order valence-electron chi connectivity index (χ0n) is 21.0. The van der Waals surface area contributed by atoms with Crippen molar-refractivity contribution in [3.63, 3.8) is 0 Å². The number of thiazole rings is 1. The second-order valence-corrected chi connectivity index (χ2v) is 12.0. The Morgan fingerprint density at radius 1 is 1.08 bits per heavy atom. The number of carbonyl (C=O) groups excluding carboxylic acids is 1. The lowest BCUT2D eigenvalue weighted by Crippen LogP contribution is -2.52. The highest BCUT2D eigenvalue weighted by Gasteiger charge is 2.51. The Morgan fingerprint density at radius 2 is 1.84 bits per heavy atom. The Bertz CT molecular complexity index is 1400. The van der Waals surface area contributed by atoms with Gasteiger partial charge in [-0.1, -0.05) is 79.5 Å². The van der Waals surface area contributed by atoms with Crippen molar-refractivity contribution < 1.29 is 4.79 Å². The molecule has 2 heterocycles. The Balaban J connectivity index is 1.72. The average Bonchev–Trinajstić information content (AvgIpc) is 3.32. The molecule has 3 nitrogen and oxygen atoms in total. The lowest BCUT2D eigenvalue weighted by atomic mass is 9.67. The second kappa shape index (κ2) is 10.6. The van der Waals surface area contributed by atoms with Crippen molar-refractivity contribution in [1.82, 2.24) is 9.88 Å². The van der Waals surface area contributed by atoms with Crippen LogP contribution in [0, 0.1) is 5.41 Å². The van der Waals surface area contributed by atoms with Crippen molar-refractivity contribution >= 4 is 50.7 Å². The van der Waals surface area contributed by atoms with Crippen LogP contribution in [0.2, 0.25) is 10.0 Å². The Kier molecular flexibility index (Phi) is 7.44. The predicted octanol–water partition coefficient (Wildman–Crippen LogP) is 9.39. The minimum absolute atomic E-state index is 0.0333. The van der Waals surface area contributed by atoms with E-state index in [2.05, 4.69) is 37.5 Å². The van der Waals surface area contributed by atoms with Gasteiger partial charge in [-0.15, -0.1) is 17.9 Å². The van der Waals surface area contributed by atoms with Crippen LogP contribution in [-0.4, -0.2) is 15.8 Å². The SMILES string of the molecule is C=CC[C@@]1(C)C[C@H](c2cccc(Cl)c2)[C@@H](c2ccc(Cl)cc2)N(C(CC)c2nc3ccccc3s2)C1=O. The molecule has 6 heteroatoms. The first-order chi connectivity index (χ1) is 17.8. The van der Waals surface area contributed by atoms with Crippen molar-refractivity contribution in [2.24, 2.45) is 5.41 Å². The monoisotopic (exact) mass is 548 g/mol. The second-order valence-electron chi connectivity index (χ2n) is 10.1. The number of para-hydroxylation sites is 1. The lowest BCUT2D eigenvalue weighted by Gasteiger charge is -2.51. The molecule has 1 unspecified atom stereocenters. The average molecular weight is 550 g/mol. The van der Waals surface area contributed by atoms with Crippen LogP contribution in [0.15, 0.2) is 85.5 Å². The molecule has 4 atom stereocenters. The van der Waals surface area contributed by atoms with E-state index >= 15 is 0 Å². The van der Waals surface area contributed by atoms with E-state index in [1.807, 2.05) is 66.7 Å². The first-order valence-electron chi connectivity index (χ1n) is 12.6. The fraction of sp³-hybridized carbons (Fsp3) is 0.290. The predicted molar refractivity (Wildman–Crippen MR) is 155 cm³/mol. The number of piperidine rings is 1. The van der Waals surface area contributed by atoms with E-state index in [0.29, 0.717) is 22.9 Å². The van der Waals surface area contributed by atoms with Gasteiger partial charge in [0.1, 0.15) is 5.01 Å². The number of hydrogen-bond donors (Lipinski definition) is 0. The summed E-state index contributed by atoms with van der Waals surface area (Å²) in [4.78, 5) is 21.6. The summed E-state index contributed by atoms with van der Waals surface area (Å²) in [5.74, 6) is 0.169. The number of benzene rings is 3. The molecule has 1 saturated heterocycles. The molecule has 1 aliphatic rings. The number of amides is 1. The first kappa shape index (κ1) is 26.0. The smallest absolute Gasteiger partial charge is 0.229 e. The Labute approximate surface area is 232 Å². The Hall–Kier alpha value is -2.66. The number of carbonyl (C=O) groups is 1. The van der Waals surface area contributed by atoms with Crippen LogP contribution in [0.1, 0.15) is 67.2 Å². The summed E-state index contributed by atoms with van der Waals surface area (Å²) in [7, 11) is 0. The van der Waals surface area contributed by atoms with Gasteiger partial charge in [-0.05, 0) is 66.8 Å². The molecule has 0 aliphatic carbocycles. The van der Waals surface area contributed by atoms with Crippen LogP contribution in [0.3, 0.4) is 0 Å². The van der Waals surface area contributed by atoms with Crippen LogP contribution in [0.25, 0.3) is 10.2 Å². The number of aromatic nitrogens is 1. The van der Waals surface area contributed by atoms with Crippen LogP contribution < -0.4 is 0 Å². The summed E-state index contributed by atoms with van der Waals surface area (Å²) in [5, 5.41) is 2.33. The van der Waals surface area contributed by atoms with E-state index in [-0.39, 0.29) is 23.9 Å². The molecule has 1 aromatic heterocycles. The van der Waals surface area contributed by atoms with Crippen molar-refractivity contribution in [3.05, 3.63) is 112 Å². The number of allylic oxidation sites excluding steroid dienone is 1. The number of nitrogens with zero attached hydrogens (tertiary/aromatic N) is 2. The maximum absolute atomic E-state index is 14.5. The quantitative estimate of drug-likeness (QED) is 0.215. The fourth-order valence-corrected chi connectivity index (χ4v) is 7.23. The van der Waals surface area contributed by atoms with Crippen LogP contribution >= 0.6 is 34.5 Å². The van der Waals surface area contributed by atoms with Crippen molar-refractivity contribution in [2.45, 2.75) is 51.1 Å². The van der Waals surface area contributed by atoms with Gasteiger partial charge < -0.3 is 4.90 Å². The summed E-state index contributed by atoms with van der Waals surface area (Å²) in [6.45, 7) is 8.20.